The van der Waals surface area contributed by atoms with Gasteiger partial charge in [-0.1, -0.05) is 34.8 Å². The molecule has 0 bridgehead atoms. The summed E-state index contributed by atoms with van der Waals surface area (Å²) in [6, 6.07) is 0. The van der Waals surface area contributed by atoms with Crippen molar-refractivity contribution in [3.8, 4) is 0 Å². The van der Waals surface area contributed by atoms with Crippen LogP contribution in [0.15, 0.2) is 12.7 Å². The third-order valence-electron chi connectivity index (χ3n) is 2.05. The molecule has 1 saturated carbocycles. The molecule has 1 aliphatic rings. The van der Waals surface area contributed by atoms with E-state index in [2.05, 4.69) is 22.5 Å². The average molecular weight is 219 g/mol. The molecule has 1 aliphatic carbocycles. The van der Waals surface area contributed by atoms with Crippen LogP contribution in [0, 0.1) is 0 Å². The standard InChI is InChI=1S/C9H15BrO/c1-2-7-11-9-6-4-3-5-8(9)10/h2,8-9H,1,3-7H2. The Morgan fingerprint density at radius 3 is 2.82 bits per heavy atom. The Balaban J connectivity index is 2.23. The first-order valence-electron chi connectivity index (χ1n) is 4.21. The largest absolute Gasteiger partial charge is 0.373 e. The van der Waals surface area contributed by atoms with Crippen LogP contribution in [-0.4, -0.2) is 17.5 Å². The molecule has 0 heterocycles. The molecule has 11 heavy (non-hydrogen) atoms. The molecule has 2 heteroatoms. The van der Waals surface area contributed by atoms with E-state index in [1.165, 1.54) is 25.7 Å². The van der Waals surface area contributed by atoms with E-state index < -0.39 is 0 Å². The van der Waals surface area contributed by atoms with Gasteiger partial charge in [-0.2, -0.15) is 0 Å². The van der Waals surface area contributed by atoms with Crippen LogP contribution >= 0.6 is 15.9 Å². The summed E-state index contributed by atoms with van der Waals surface area (Å²) < 4.78 is 5.58. The molecule has 0 amide bonds. The van der Waals surface area contributed by atoms with Gasteiger partial charge in [-0.25, -0.2) is 0 Å². The van der Waals surface area contributed by atoms with Gasteiger partial charge in [0.25, 0.3) is 0 Å². The van der Waals surface area contributed by atoms with Gasteiger partial charge in [0.1, 0.15) is 0 Å². The number of halogens is 1. The van der Waals surface area contributed by atoms with Crippen LogP contribution in [0.3, 0.4) is 0 Å². The summed E-state index contributed by atoms with van der Waals surface area (Å²) in [7, 11) is 0. The van der Waals surface area contributed by atoms with Gasteiger partial charge in [0, 0.05) is 4.83 Å². The Labute approximate surface area is 76.9 Å². The van der Waals surface area contributed by atoms with Crippen LogP contribution in [0.2, 0.25) is 0 Å². The second-order valence-electron chi connectivity index (χ2n) is 2.96. The highest BCUT2D eigenvalue weighted by molar-refractivity contribution is 9.09. The highest BCUT2D eigenvalue weighted by atomic mass is 79.9. The average Bonchev–Trinajstić information content (AvgIpc) is 2.03. The predicted octanol–water partition coefficient (Wildman–Crippen LogP) is 2.90. The minimum absolute atomic E-state index is 0.418. The zero-order valence-electron chi connectivity index (χ0n) is 6.76. The molecule has 0 aromatic carbocycles. The second-order valence-corrected chi connectivity index (χ2v) is 4.14. The lowest BCUT2D eigenvalue weighted by Gasteiger charge is -2.26. The summed E-state index contributed by atoms with van der Waals surface area (Å²) >= 11 is 3.63. The first kappa shape index (κ1) is 9.27. The normalized spacial score (nSPS) is 31.7. The van der Waals surface area contributed by atoms with Crippen LogP contribution in [0.4, 0.5) is 0 Å². The summed E-state index contributed by atoms with van der Waals surface area (Å²) in [6.45, 7) is 4.32. The lowest BCUT2D eigenvalue weighted by atomic mass is 9.98. The maximum Gasteiger partial charge on any atom is 0.0704 e. The molecule has 2 atom stereocenters. The lowest BCUT2D eigenvalue weighted by molar-refractivity contribution is 0.0531. The molecule has 0 aromatic rings. The van der Waals surface area contributed by atoms with Crippen molar-refractivity contribution in [2.24, 2.45) is 0 Å². The van der Waals surface area contributed by atoms with E-state index in [0.29, 0.717) is 17.5 Å². The fourth-order valence-electron chi connectivity index (χ4n) is 1.43. The highest BCUT2D eigenvalue weighted by Gasteiger charge is 2.22. The first-order valence-corrected chi connectivity index (χ1v) is 5.12. The molecule has 1 nitrogen and oxygen atoms in total. The van der Waals surface area contributed by atoms with Gasteiger partial charge < -0.3 is 4.74 Å². The van der Waals surface area contributed by atoms with Crippen molar-refractivity contribution >= 4 is 15.9 Å². The van der Waals surface area contributed by atoms with Gasteiger partial charge >= 0.3 is 0 Å². The Hall–Kier alpha value is 0.180. The van der Waals surface area contributed by atoms with Crippen LogP contribution in [0.1, 0.15) is 25.7 Å². The third kappa shape index (κ3) is 2.96. The minimum atomic E-state index is 0.418. The second kappa shape index (κ2) is 4.94. The Kier molecular flexibility index (Phi) is 4.16. The van der Waals surface area contributed by atoms with E-state index in [9.17, 15) is 0 Å². The van der Waals surface area contributed by atoms with E-state index in [1.54, 1.807) is 0 Å². The number of hydrogen-bond acceptors (Lipinski definition) is 1. The van der Waals surface area contributed by atoms with Crippen molar-refractivity contribution in [2.45, 2.75) is 36.6 Å². The fourth-order valence-corrected chi connectivity index (χ4v) is 2.17. The molecular formula is C9H15BrO. The van der Waals surface area contributed by atoms with Crippen LogP contribution in [0.5, 0.6) is 0 Å². The van der Waals surface area contributed by atoms with E-state index in [1.807, 2.05) is 6.08 Å². The zero-order chi connectivity index (χ0) is 8.10. The molecule has 0 radical (unpaired) electrons. The quantitative estimate of drug-likeness (QED) is 0.523. The summed E-state index contributed by atoms with van der Waals surface area (Å²) in [6.07, 6.45) is 7.33. The summed E-state index contributed by atoms with van der Waals surface area (Å²) in [4.78, 5) is 0.566. The first-order chi connectivity index (χ1) is 5.34. The van der Waals surface area contributed by atoms with Gasteiger partial charge in [0.05, 0.1) is 12.7 Å². The van der Waals surface area contributed by atoms with E-state index >= 15 is 0 Å². The summed E-state index contributed by atoms with van der Waals surface area (Å²) in [5, 5.41) is 0. The van der Waals surface area contributed by atoms with Crippen molar-refractivity contribution in [3.05, 3.63) is 12.7 Å². The minimum Gasteiger partial charge on any atom is -0.373 e. The predicted molar refractivity (Wildman–Crippen MR) is 51.1 cm³/mol. The fraction of sp³-hybridized carbons (Fsp3) is 0.778. The van der Waals surface area contributed by atoms with Crippen LogP contribution in [-0.2, 0) is 4.74 Å². The Morgan fingerprint density at radius 1 is 1.45 bits per heavy atom. The summed E-state index contributed by atoms with van der Waals surface area (Å²) in [5.41, 5.74) is 0. The van der Waals surface area contributed by atoms with Crippen molar-refractivity contribution in [1.29, 1.82) is 0 Å². The molecule has 0 saturated heterocycles. The van der Waals surface area contributed by atoms with Crippen molar-refractivity contribution < 1.29 is 4.74 Å². The van der Waals surface area contributed by atoms with Gasteiger partial charge in [-0.3, -0.25) is 0 Å². The van der Waals surface area contributed by atoms with Crippen LogP contribution in [0.25, 0.3) is 0 Å². The maximum absolute atomic E-state index is 5.58. The molecule has 0 aromatic heterocycles. The monoisotopic (exact) mass is 218 g/mol. The number of rotatable bonds is 3. The summed E-state index contributed by atoms with van der Waals surface area (Å²) in [5.74, 6) is 0. The van der Waals surface area contributed by atoms with Crippen LogP contribution < -0.4 is 0 Å². The molecule has 0 spiro atoms. The Bertz CT molecular complexity index is 125. The number of ether oxygens (including phenoxy) is 1. The zero-order valence-corrected chi connectivity index (χ0v) is 8.35. The molecule has 0 aliphatic heterocycles. The van der Waals surface area contributed by atoms with Crippen molar-refractivity contribution in [2.75, 3.05) is 6.61 Å². The lowest BCUT2D eigenvalue weighted by Crippen LogP contribution is -2.27. The highest BCUT2D eigenvalue weighted by Crippen LogP contribution is 2.26. The Morgan fingerprint density at radius 2 is 2.18 bits per heavy atom. The molecule has 1 fully saturated rings. The molecule has 2 unspecified atom stereocenters. The van der Waals surface area contributed by atoms with Gasteiger partial charge in [-0.15, -0.1) is 6.58 Å². The molecular weight excluding hydrogens is 204 g/mol. The van der Waals surface area contributed by atoms with E-state index in [-0.39, 0.29) is 0 Å². The van der Waals surface area contributed by atoms with Gasteiger partial charge in [0.15, 0.2) is 0 Å². The number of alkyl halides is 1. The van der Waals surface area contributed by atoms with E-state index in [4.69, 9.17) is 4.74 Å². The van der Waals surface area contributed by atoms with E-state index in [0.717, 1.165) is 0 Å². The maximum atomic E-state index is 5.58. The third-order valence-corrected chi connectivity index (χ3v) is 3.10. The topological polar surface area (TPSA) is 9.23 Å². The smallest absolute Gasteiger partial charge is 0.0704 e. The van der Waals surface area contributed by atoms with Gasteiger partial charge in [0.2, 0.25) is 0 Å². The van der Waals surface area contributed by atoms with Crippen molar-refractivity contribution in [1.82, 2.24) is 0 Å². The number of hydrogen-bond donors (Lipinski definition) is 0. The van der Waals surface area contributed by atoms with Gasteiger partial charge in [-0.05, 0) is 12.8 Å². The van der Waals surface area contributed by atoms with Crippen molar-refractivity contribution in [3.63, 3.8) is 0 Å². The molecule has 64 valence electrons. The molecule has 0 N–H and O–H groups in total. The molecule has 1 rings (SSSR count). The SMILES string of the molecule is C=CCOC1CCCCC1Br.